The number of esters is 1. The lowest BCUT2D eigenvalue weighted by Crippen LogP contribution is -2.54. The molecule has 0 radical (unpaired) electrons. The molecular weight excluding hydrogens is 252 g/mol. The molecule has 2 fully saturated rings. The van der Waals surface area contributed by atoms with E-state index in [2.05, 4.69) is 17.1 Å². The molecule has 0 amide bonds. The van der Waals surface area contributed by atoms with Crippen LogP contribution in [0.1, 0.15) is 52.9 Å². The number of hydrogen-bond donors (Lipinski definition) is 1. The molecule has 0 aliphatic heterocycles. The number of nitrogens with zero attached hydrogens (tertiary/aromatic N) is 1. The summed E-state index contributed by atoms with van der Waals surface area (Å²) in [5.74, 6) is 0.759. The summed E-state index contributed by atoms with van der Waals surface area (Å²) in [6, 6.07) is 1.18. The summed E-state index contributed by atoms with van der Waals surface area (Å²) in [5, 5.41) is 3.32. The monoisotopic (exact) mass is 282 g/mol. The largest absolute Gasteiger partial charge is 0.468 e. The first kappa shape index (κ1) is 15.8. The summed E-state index contributed by atoms with van der Waals surface area (Å²) in [4.78, 5) is 14.7. The summed E-state index contributed by atoms with van der Waals surface area (Å²) >= 11 is 0. The number of nitrogens with one attached hydrogen (secondary N) is 1. The highest BCUT2D eigenvalue weighted by atomic mass is 16.5. The second kappa shape index (κ2) is 6.44. The Kier molecular flexibility index (Phi) is 5.08. The van der Waals surface area contributed by atoms with Crippen LogP contribution in [-0.4, -0.2) is 48.7 Å². The Morgan fingerprint density at radius 3 is 2.50 bits per heavy atom. The van der Waals surface area contributed by atoms with Gasteiger partial charge in [0.15, 0.2) is 0 Å². The van der Waals surface area contributed by atoms with Gasteiger partial charge in [0, 0.05) is 18.6 Å². The predicted molar refractivity (Wildman–Crippen MR) is 80.6 cm³/mol. The standard InChI is InChI=1S/C16H30N2O2/c1-5-17-16(3,15(19)20-4)10-12(2)18(14-8-9-14)11-13-6-7-13/h12-14,17H,5-11H2,1-4H3. The molecule has 0 heterocycles. The van der Waals surface area contributed by atoms with Crippen LogP contribution in [0.15, 0.2) is 0 Å². The first-order valence-corrected chi connectivity index (χ1v) is 8.09. The molecule has 4 nitrogen and oxygen atoms in total. The van der Waals surface area contributed by atoms with Crippen molar-refractivity contribution in [3.63, 3.8) is 0 Å². The lowest BCUT2D eigenvalue weighted by molar-refractivity contribution is -0.148. The van der Waals surface area contributed by atoms with Crippen molar-refractivity contribution >= 4 is 5.97 Å². The van der Waals surface area contributed by atoms with Gasteiger partial charge in [-0.05, 0) is 58.4 Å². The van der Waals surface area contributed by atoms with Crippen molar-refractivity contribution in [1.82, 2.24) is 10.2 Å². The zero-order chi connectivity index (χ0) is 14.8. The SMILES string of the molecule is CCNC(C)(CC(C)N(CC1CC1)C1CC1)C(=O)OC. The highest BCUT2D eigenvalue weighted by Crippen LogP contribution is 2.37. The minimum Gasteiger partial charge on any atom is -0.468 e. The molecule has 2 aliphatic rings. The van der Waals surface area contributed by atoms with Gasteiger partial charge in [-0.1, -0.05) is 6.92 Å². The van der Waals surface area contributed by atoms with E-state index in [0.29, 0.717) is 6.04 Å². The minimum atomic E-state index is -0.570. The quantitative estimate of drug-likeness (QED) is 0.658. The van der Waals surface area contributed by atoms with Crippen molar-refractivity contribution in [2.24, 2.45) is 5.92 Å². The molecule has 0 saturated heterocycles. The maximum atomic E-state index is 12.1. The van der Waals surface area contributed by atoms with E-state index < -0.39 is 5.54 Å². The molecule has 2 aliphatic carbocycles. The summed E-state index contributed by atoms with van der Waals surface area (Å²) in [7, 11) is 1.48. The Bertz CT molecular complexity index is 339. The maximum Gasteiger partial charge on any atom is 0.325 e. The molecular formula is C16H30N2O2. The van der Waals surface area contributed by atoms with E-state index in [-0.39, 0.29) is 5.97 Å². The molecule has 0 aromatic carbocycles. The third-order valence-corrected chi connectivity index (χ3v) is 4.65. The van der Waals surface area contributed by atoms with Gasteiger partial charge in [-0.2, -0.15) is 0 Å². The minimum absolute atomic E-state index is 0.145. The molecule has 2 atom stereocenters. The molecule has 2 rings (SSSR count). The smallest absolute Gasteiger partial charge is 0.325 e. The molecule has 2 unspecified atom stereocenters. The van der Waals surface area contributed by atoms with Crippen molar-refractivity contribution in [3.8, 4) is 0 Å². The van der Waals surface area contributed by atoms with Crippen molar-refractivity contribution in [2.45, 2.75) is 70.5 Å². The Morgan fingerprint density at radius 1 is 1.40 bits per heavy atom. The predicted octanol–water partition coefficient (Wildman–Crippen LogP) is 2.18. The Hall–Kier alpha value is -0.610. The lowest BCUT2D eigenvalue weighted by atomic mass is 9.92. The lowest BCUT2D eigenvalue weighted by Gasteiger charge is -2.36. The van der Waals surface area contributed by atoms with Crippen LogP contribution in [0.3, 0.4) is 0 Å². The van der Waals surface area contributed by atoms with Gasteiger partial charge in [-0.25, -0.2) is 0 Å². The molecule has 0 bridgehead atoms. The third kappa shape index (κ3) is 3.95. The number of carbonyl (C=O) groups excluding carboxylic acids is 1. The second-order valence-corrected chi connectivity index (χ2v) is 6.78. The van der Waals surface area contributed by atoms with Crippen molar-refractivity contribution in [1.29, 1.82) is 0 Å². The number of likely N-dealkylation sites (N-methyl/N-ethyl adjacent to an activating group) is 1. The van der Waals surface area contributed by atoms with Crippen molar-refractivity contribution in [2.75, 3.05) is 20.2 Å². The fraction of sp³-hybridized carbons (Fsp3) is 0.938. The van der Waals surface area contributed by atoms with E-state index in [9.17, 15) is 4.79 Å². The van der Waals surface area contributed by atoms with Gasteiger partial charge in [0.1, 0.15) is 5.54 Å². The number of ether oxygens (including phenoxy) is 1. The zero-order valence-electron chi connectivity index (χ0n) is 13.4. The van der Waals surface area contributed by atoms with Crippen LogP contribution in [0.2, 0.25) is 0 Å². The van der Waals surface area contributed by atoms with Crippen LogP contribution in [0.5, 0.6) is 0 Å². The van der Waals surface area contributed by atoms with Gasteiger partial charge in [0.2, 0.25) is 0 Å². The number of methoxy groups -OCH3 is 1. The van der Waals surface area contributed by atoms with Gasteiger partial charge in [-0.15, -0.1) is 0 Å². The fourth-order valence-corrected chi connectivity index (χ4v) is 3.24. The number of hydrogen-bond acceptors (Lipinski definition) is 4. The van der Waals surface area contributed by atoms with E-state index in [1.54, 1.807) is 0 Å². The average molecular weight is 282 g/mol. The third-order valence-electron chi connectivity index (χ3n) is 4.65. The van der Waals surface area contributed by atoms with Crippen LogP contribution in [0.4, 0.5) is 0 Å². The van der Waals surface area contributed by atoms with Crippen LogP contribution in [-0.2, 0) is 9.53 Å². The summed E-state index contributed by atoms with van der Waals surface area (Å²) < 4.78 is 5.00. The highest BCUT2D eigenvalue weighted by Gasteiger charge is 2.41. The van der Waals surface area contributed by atoms with E-state index in [1.807, 2.05) is 13.8 Å². The molecule has 116 valence electrons. The average Bonchev–Trinajstić information content (AvgIpc) is 3.27. The van der Waals surface area contributed by atoms with Crippen molar-refractivity contribution < 1.29 is 9.53 Å². The van der Waals surface area contributed by atoms with Crippen LogP contribution in [0, 0.1) is 5.92 Å². The Morgan fingerprint density at radius 2 is 2.05 bits per heavy atom. The first-order chi connectivity index (χ1) is 9.50. The second-order valence-electron chi connectivity index (χ2n) is 6.78. The topological polar surface area (TPSA) is 41.6 Å². The molecule has 0 spiro atoms. The number of rotatable bonds is 9. The Balaban J connectivity index is 1.97. The summed E-state index contributed by atoms with van der Waals surface area (Å²) in [5.41, 5.74) is -0.570. The van der Waals surface area contributed by atoms with Gasteiger partial charge >= 0.3 is 5.97 Å². The summed E-state index contributed by atoms with van der Waals surface area (Å²) in [6.07, 6.45) is 6.24. The molecule has 4 heteroatoms. The van der Waals surface area contributed by atoms with E-state index >= 15 is 0 Å². The van der Waals surface area contributed by atoms with Crippen LogP contribution in [0.25, 0.3) is 0 Å². The molecule has 0 aromatic rings. The van der Waals surface area contributed by atoms with Crippen molar-refractivity contribution in [3.05, 3.63) is 0 Å². The van der Waals surface area contributed by atoms with Gasteiger partial charge < -0.3 is 10.1 Å². The first-order valence-electron chi connectivity index (χ1n) is 8.09. The maximum absolute atomic E-state index is 12.1. The van der Waals surface area contributed by atoms with Gasteiger partial charge in [0.25, 0.3) is 0 Å². The van der Waals surface area contributed by atoms with Gasteiger partial charge in [0.05, 0.1) is 7.11 Å². The molecule has 20 heavy (non-hydrogen) atoms. The van der Waals surface area contributed by atoms with Crippen LogP contribution < -0.4 is 5.32 Å². The van der Waals surface area contributed by atoms with E-state index in [1.165, 1.54) is 39.3 Å². The molecule has 2 saturated carbocycles. The fourth-order valence-electron chi connectivity index (χ4n) is 3.24. The van der Waals surface area contributed by atoms with E-state index in [4.69, 9.17) is 4.74 Å². The van der Waals surface area contributed by atoms with Crippen LogP contribution >= 0.6 is 0 Å². The summed E-state index contributed by atoms with van der Waals surface area (Å²) in [6.45, 7) is 8.27. The molecule has 0 aromatic heterocycles. The Labute approximate surface area is 123 Å². The highest BCUT2D eigenvalue weighted by molar-refractivity contribution is 5.80. The normalized spacial score (nSPS) is 23.4. The van der Waals surface area contributed by atoms with Gasteiger partial charge in [-0.3, -0.25) is 9.69 Å². The number of carbonyl (C=O) groups is 1. The zero-order valence-corrected chi connectivity index (χ0v) is 13.4. The van der Waals surface area contributed by atoms with E-state index in [0.717, 1.165) is 24.9 Å². The molecule has 1 N–H and O–H groups in total.